The third-order valence-electron chi connectivity index (χ3n) is 2.06. The van der Waals surface area contributed by atoms with Crippen molar-refractivity contribution in [1.82, 2.24) is 9.97 Å². The Labute approximate surface area is 110 Å². The highest BCUT2D eigenvalue weighted by Gasteiger charge is 2.23. The van der Waals surface area contributed by atoms with Crippen molar-refractivity contribution in [3.05, 3.63) is 0 Å². The Morgan fingerprint density at radius 3 is 2.00 bits per heavy atom. The number of rotatable bonds is 5. The SMILES string of the molecule is CCN(CC)c1nc(N)[n+](OS(=O)(=O)O)c(N)n1.[OH-]. The lowest BCUT2D eigenvalue weighted by molar-refractivity contribution is -0.836. The number of aromatic nitrogens is 3. The minimum atomic E-state index is -4.76. The third kappa shape index (κ3) is 4.35. The fourth-order valence-corrected chi connectivity index (χ4v) is 1.60. The molecule has 110 valence electrons. The van der Waals surface area contributed by atoms with E-state index in [1.807, 2.05) is 13.8 Å². The smallest absolute Gasteiger partial charge is 0.472 e. The molecule has 0 aliphatic heterocycles. The van der Waals surface area contributed by atoms with Crippen LogP contribution in [-0.2, 0) is 10.4 Å². The van der Waals surface area contributed by atoms with Crippen molar-refractivity contribution in [1.29, 1.82) is 0 Å². The van der Waals surface area contributed by atoms with Crippen LogP contribution in [0.4, 0.5) is 17.8 Å². The zero-order valence-corrected chi connectivity index (χ0v) is 11.2. The molecule has 12 heteroatoms. The summed E-state index contributed by atoms with van der Waals surface area (Å²) < 4.78 is 34.2. The molecule has 0 radical (unpaired) electrons. The number of hydrogen-bond acceptors (Lipinski definition) is 9. The Balaban J connectivity index is 0.00000324. The second-order valence-electron chi connectivity index (χ2n) is 3.21. The molecule has 0 fully saturated rings. The van der Waals surface area contributed by atoms with E-state index in [1.54, 1.807) is 4.90 Å². The van der Waals surface area contributed by atoms with Crippen molar-refractivity contribution < 1.29 is 27.5 Å². The molecule has 0 unspecified atom stereocenters. The van der Waals surface area contributed by atoms with Gasteiger partial charge in [0.05, 0.1) is 0 Å². The first-order chi connectivity index (χ1) is 8.28. The van der Waals surface area contributed by atoms with Gasteiger partial charge in [-0.3, -0.25) is 4.55 Å². The maximum absolute atomic E-state index is 10.6. The Hall–Kier alpha value is -1.92. The van der Waals surface area contributed by atoms with E-state index in [-0.39, 0.29) is 23.3 Å². The van der Waals surface area contributed by atoms with Crippen LogP contribution < -0.4 is 25.4 Å². The van der Waals surface area contributed by atoms with E-state index >= 15 is 0 Å². The summed E-state index contributed by atoms with van der Waals surface area (Å²) in [5.74, 6) is -0.450. The van der Waals surface area contributed by atoms with Gasteiger partial charge in [0, 0.05) is 13.1 Å². The summed E-state index contributed by atoms with van der Waals surface area (Å²) in [4.78, 5) is 9.42. The quantitative estimate of drug-likeness (QED) is 0.399. The summed E-state index contributed by atoms with van der Waals surface area (Å²) >= 11 is 0. The second-order valence-corrected chi connectivity index (χ2v) is 4.21. The molecule has 0 spiro atoms. The molecule has 0 saturated carbocycles. The molecule has 0 aromatic carbocycles. The van der Waals surface area contributed by atoms with Crippen LogP contribution in [0.5, 0.6) is 0 Å². The van der Waals surface area contributed by atoms with Gasteiger partial charge in [0.1, 0.15) is 0 Å². The maximum Gasteiger partial charge on any atom is 0.472 e. The highest BCUT2D eigenvalue weighted by atomic mass is 32.3. The molecule has 11 nitrogen and oxygen atoms in total. The van der Waals surface area contributed by atoms with Crippen LogP contribution in [0.25, 0.3) is 0 Å². The molecule has 0 aliphatic rings. The van der Waals surface area contributed by atoms with Crippen LogP contribution >= 0.6 is 0 Å². The van der Waals surface area contributed by atoms with Crippen LogP contribution in [0.3, 0.4) is 0 Å². The Bertz CT molecular complexity index is 508. The van der Waals surface area contributed by atoms with Crippen molar-refractivity contribution in [2.45, 2.75) is 13.8 Å². The molecule has 0 atom stereocenters. The fourth-order valence-electron chi connectivity index (χ4n) is 1.26. The summed E-state index contributed by atoms with van der Waals surface area (Å²) in [5.41, 5.74) is 11.0. The summed E-state index contributed by atoms with van der Waals surface area (Å²) in [7, 11) is -4.76. The minimum absolute atomic E-state index is 0. The molecule has 0 amide bonds. The summed E-state index contributed by atoms with van der Waals surface area (Å²) in [6.45, 7) is 5.01. The normalized spacial score (nSPS) is 10.7. The topological polar surface area (TPSA) is 179 Å². The molecule has 1 rings (SSSR count). The van der Waals surface area contributed by atoms with E-state index in [0.29, 0.717) is 17.8 Å². The predicted octanol–water partition coefficient (Wildman–Crippen LogP) is -2.17. The van der Waals surface area contributed by atoms with Gasteiger partial charge in [-0.05, 0) is 18.6 Å². The standard InChI is InChI=1S/C7H14N6O4S.H2O/c1-3-12(4-2)7-10-5(8)13(6(9)11-7)17-18(14,15)16;/h3-4H2,1-2H3,(H4,8,9,10,11,14,15,16);1H2. The van der Waals surface area contributed by atoms with Crippen LogP contribution in [-0.4, -0.2) is 41.5 Å². The first-order valence-electron chi connectivity index (χ1n) is 5.05. The fraction of sp³-hybridized carbons (Fsp3) is 0.571. The van der Waals surface area contributed by atoms with E-state index in [9.17, 15) is 8.42 Å². The zero-order chi connectivity index (χ0) is 13.9. The molecular weight excluding hydrogens is 280 g/mol. The Kier molecular flexibility index (Phi) is 5.67. The van der Waals surface area contributed by atoms with Gasteiger partial charge >= 0.3 is 28.2 Å². The molecule has 1 aromatic heterocycles. The molecule has 1 aromatic rings. The lowest BCUT2D eigenvalue weighted by atomic mass is 10.5. The average Bonchev–Trinajstić information content (AvgIpc) is 2.24. The highest BCUT2D eigenvalue weighted by Crippen LogP contribution is 2.08. The van der Waals surface area contributed by atoms with E-state index in [1.165, 1.54) is 0 Å². The zero-order valence-electron chi connectivity index (χ0n) is 10.4. The van der Waals surface area contributed by atoms with Gasteiger partial charge in [-0.25, -0.2) is 4.28 Å². The van der Waals surface area contributed by atoms with E-state index in [4.69, 9.17) is 16.0 Å². The van der Waals surface area contributed by atoms with Crippen molar-refractivity contribution >= 4 is 28.2 Å². The Morgan fingerprint density at radius 2 is 1.68 bits per heavy atom. The predicted molar refractivity (Wildman–Crippen MR) is 64.7 cm³/mol. The van der Waals surface area contributed by atoms with Gasteiger partial charge in [-0.2, -0.15) is 8.42 Å². The molecule has 0 aliphatic carbocycles. The molecule has 1 heterocycles. The first-order valence-corrected chi connectivity index (χ1v) is 6.42. The first kappa shape index (κ1) is 17.1. The van der Waals surface area contributed by atoms with E-state index in [2.05, 4.69) is 14.3 Å². The summed E-state index contributed by atoms with van der Waals surface area (Å²) in [5, 5.41) is 0. The third-order valence-corrected chi connectivity index (χ3v) is 2.40. The van der Waals surface area contributed by atoms with Crippen molar-refractivity contribution in [3.63, 3.8) is 0 Å². The molecule has 6 N–H and O–H groups in total. The summed E-state index contributed by atoms with van der Waals surface area (Å²) in [6, 6.07) is 0. The lowest BCUT2D eigenvalue weighted by Crippen LogP contribution is -2.51. The van der Waals surface area contributed by atoms with Gasteiger partial charge < -0.3 is 21.8 Å². The minimum Gasteiger partial charge on any atom is -0.870 e. The summed E-state index contributed by atoms with van der Waals surface area (Å²) in [6.07, 6.45) is 0. The van der Waals surface area contributed by atoms with Crippen molar-refractivity contribution in [2.75, 3.05) is 29.5 Å². The van der Waals surface area contributed by atoms with Gasteiger partial charge in [0.15, 0.2) is 0 Å². The van der Waals surface area contributed by atoms with E-state index < -0.39 is 10.4 Å². The highest BCUT2D eigenvalue weighted by molar-refractivity contribution is 7.80. The van der Waals surface area contributed by atoms with Gasteiger partial charge in [-0.1, -0.05) is 9.97 Å². The van der Waals surface area contributed by atoms with Crippen molar-refractivity contribution in [3.8, 4) is 0 Å². The number of nitrogen functional groups attached to an aromatic ring is 2. The molecule has 0 bridgehead atoms. The van der Waals surface area contributed by atoms with Gasteiger partial charge in [-0.15, -0.1) is 0 Å². The number of nitrogens with zero attached hydrogens (tertiary/aromatic N) is 4. The largest absolute Gasteiger partial charge is 0.870 e. The average molecular weight is 296 g/mol. The monoisotopic (exact) mass is 296 g/mol. The maximum atomic E-state index is 10.6. The molecule has 19 heavy (non-hydrogen) atoms. The van der Waals surface area contributed by atoms with Crippen LogP contribution in [0, 0.1) is 0 Å². The lowest BCUT2D eigenvalue weighted by Gasteiger charge is -2.15. The Morgan fingerprint density at radius 1 is 1.26 bits per heavy atom. The molecule has 0 saturated heterocycles. The number of nitrogens with two attached hydrogens (primary N) is 2. The van der Waals surface area contributed by atoms with Crippen LogP contribution in [0.1, 0.15) is 13.8 Å². The second kappa shape index (κ2) is 6.31. The number of hydrogen-bond donors (Lipinski definition) is 3. The van der Waals surface area contributed by atoms with Crippen molar-refractivity contribution in [2.24, 2.45) is 0 Å². The van der Waals surface area contributed by atoms with Crippen LogP contribution in [0.15, 0.2) is 0 Å². The van der Waals surface area contributed by atoms with E-state index in [0.717, 1.165) is 0 Å². The molecular formula is C7H16N6O5S. The number of anilines is 3. The van der Waals surface area contributed by atoms with Gasteiger partial charge in [0.25, 0.3) is 0 Å². The van der Waals surface area contributed by atoms with Crippen LogP contribution in [0.2, 0.25) is 0 Å². The van der Waals surface area contributed by atoms with Gasteiger partial charge in [0.2, 0.25) is 0 Å².